The Labute approximate surface area is 372 Å². The summed E-state index contributed by atoms with van der Waals surface area (Å²) in [6.07, 6.45) is 0. The molecule has 0 radical (unpaired) electrons. The van der Waals surface area contributed by atoms with E-state index in [1.807, 2.05) is 6.07 Å². The number of fused-ring (bicyclic) bond motifs is 10. The number of hydrogen-bond donors (Lipinski definition) is 0. The van der Waals surface area contributed by atoms with Crippen LogP contribution >= 0.6 is 0 Å². The quantitative estimate of drug-likeness (QED) is 0.158. The van der Waals surface area contributed by atoms with Gasteiger partial charge in [-0.3, -0.25) is 0 Å². The Bertz CT molecular complexity index is 3800. The zero-order valence-corrected chi connectivity index (χ0v) is 35.7. The van der Waals surface area contributed by atoms with Gasteiger partial charge >= 0.3 is 0 Å². The third kappa shape index (κ3) is 5.44. The van der Waals surface area contributed by atoms with Gasteiger partial charge in [-0.25, -0.2) is 0 Å². The van der Waals surface area contributed by atoms with E-state index in [4.69, 9.17) is 4.42 Å². The van der Waals surface area contributed by atoms with E-state index in [9.17, 15) is 0 Å². The van der Waals surface area contributed by atoms with Crippen LogP contribution in [0.1, 0.15) is 25.0 Å². The van der Waals surface area contributed by atoms with E-state index in [-0.39, 0.29) is 5.41 Å². The summed E-state index contributed by atoms with van der Waals surface area (Å²) in [5.41, 5.74) is 19.3. The van der Waals surface area contributed by atoms with Crippen molar-refractivity contribution in [1.29, 1.82) is 0 Å². The fourth-order valence-corrected chi connectivity index (χ4v) is 11.1. The smallest absolute Gasteiger partial charge is 0.143 e. The van der Waals surface area contributed by atoms with Gasteiger partial charge in [0.15, 0.2) is 0 Å². The van der Waals surface area contributed by atoms with Crippen LogP contribution in [0.5, 0.6) is 0 Å². The molecular formula is C63H42O. The van der Waals surface area contributed by atoms with Crippen molar-refractivity contribution in [2.24, 2.45) is 0 Å². The SMILES string of the molecule is CC1(C)c2ccccc2-c2c1cc(-c1cccc(-c3ccc(-c4c5ccccc5c(-c5cccc(-c6cccc7c6oc6ccccc67)c5)c5ccccc45)cc3)c1)c1ccccc21. The fraction of sp³-hybridized carbons (Fsp3) is 0.0476. The summed E-state index contributed by atoms with van der Waals surface area (Å²) in [5.74, 6) is 0. The van der Waals surface area contributed by atoms with Gasteiger partial charge in [-0.05, 0) is 129 Å². The molecule has 0 bridgehead atoms. The van der Waals surface area contributed by atoms with Crippen molar-refractivity contribution >= 4 is 54.3 Å². The van der Waals surface area contributed by atoms with Gasteiger partial charge in [0.1, 0.15) is 11.2 Å². The van der Waals surface area contributed by atoms with Crippen LogP contribution in [0, 0.1) is 0 Å². The van der Waals surface area contributed by atoms with Crippen LogP contribution in [-0.2, 0) is 5.41 Å². The standard InChI is InChI=1S/C63H42O/c1-63(2)56-30-11-9-27-54(56)61-48-22-4-3-20-46(48)55(38-57(61)63)43-18-13-16-41(36-43)39-32-34-40(35-33-39)59-49-23-5-7-25-51(49)60(52-26-8-6-24-50(52)59)44-19-14-17-42(37-44)45-28-15-29-53-47-21-10-12-31-58(47)64-62(45)53/h3-38H,1-2H3. The molecule has 0 saturated heterocycles. The number of para-hydroxylation sites is 2. The lowest BCUT2D eigenvalue weighted by Gasteiger charge is -2.23. The summed E-state index contributed by atoms with van der Waals surface area (Å²) < 4.78 is 6.50. The molecule has 11 aromatic carbocycles. The second kappa shape index (κ2) is 14.0. The molecule has 64 heavy (non-hydrogen) atoms. The van der Waals surface area contributed by atoms with Crippen molar-refractivity contribution in [1.82, 2.24) is 0 Å². The number of furan rings is 1. The molecule has 0 aliphatic heterocycles. The van der Waals surface area contributed by atoms with Crippen LogP contribution in [0.2, 0.25) is 0 Å². The van der Waals surface area contributed by atoms with Gasteiger partial charge < -0.3 is 4.42 Å². The second-order valence-electron chi connectivity index (χ2n) is 17.9. The molecule has 0 atom stereocenters. The third-order valence-corrected chi connectivity index (χ3v) is 14.1. The highest BCUT2D eigenvalue weighted by Gasteiger charge is 2.37. The van der Waals surface area contributed by atoms with Crippen molar-refractivity contribution in [2.75, 3.05) is 0 Å². The van der Waals surface area contributed by atoms with Crippen molar-refractivity contribution in [3.8, 4) is 66.8 Å². The molecule has 13 rings (SSSR count). The maximum Gasteiger partial charge on any atom is 0.143 e. The summed E-state index contributed by atoms with van der Waals surface area (Å²) in [5, 5.41) is 9.85. The maximum absolute atomic E-state index is 6.50. The normalized spacial score (nSPS) is 13.0. The Morgan fingerprint density at radius 2 is 0.750 bits per heavy atom. The minimum Gasteiger partial charge on any atom is -0.455 e. The van der Waals surface area contributed by atoms with E-state index in [1.165, 1.54) is 99.1 Å². The number of benzene rings is 11. The highest BCUT2D eigenvalue weighted by Crippen LogP contribution is 2.53. The van der Waals surface area contributed by atoms with Gasteiger partial charge in [0.25, 0.3) is 0 Å². The first-order valence-electron chi connectivity index (χ1n) is 22.3. The lowest BCUT2D eigenvalue weighted by atomic mass is 9.80. The first-order chi connectivity index (χ1) is 31.5. The van der Waals surface area contributed by atoms with Crippen molar-refractivity contribution in [3.63, 3.8) is 0 Å². The molecule has 0 amide bonds. The Morgan fingerprint density at radius 3 is 1.45 bits per heavy atom. The van der Waals surface area contributed by atoms with Crippen LogP contribution < -0.4 is 0 Å². The average Bonchev–Trinajstić information content (AvgIpc) is 3.85. The predicted molar refractivity (Wildman–Crippen MR) is 271 cm³/mol. The molecule has 0 N–H and O–H groups in total. The molecule has 0 unspecified atom stereocenters. The molecule has 0 fully saturated rings. The molecular weight excluding hydrogens is 773 g/mol. The zero-order valence-electron chi connectivity index (χ0n) is 35.7. The number of rotatable bonds is 5. The molecule has 1 nitrogen and oxygen atoms in total. The minimum atomic E-state index is -0.0832. The van der Waals surface area contributed by atoms with Gasteiger partial charge in [-0.2, -0.15) is 0 Å². The molecule has 300 valence electrons. The van der Waals surface area contributed by atoms with E-state index in [0.29, 0.717) is 0 Å². The fourth-order valence-electron chi connectivity index (χ4n) is 11.1. The van der Waals surface area contributed by atoms with E-state index >= 15 is 0 Å². The topological polar surface area (TPSA) is 13.1 Å². The molecule has 1 heterocycles. The lowest BCUT2D eigenvalue weighted by Crippen LogP contribution is -2.15. The van der Waals surface area contributed by atoms with Gasteiger partial charge in [-0.1, -0.05) is 208 Å². The largest absolute Gasteiger partial charge is 0.455 e. The predicted octanol–water partition coefficient (Wildman–Crippen LogP) is 17.7. The molecule has 1 aliphatic rings. The highest BCUT2D eigenvalue weighted by molar-refractivity contribution is 6.22. The Kier molecular flexibility index (Phi) is 8.02. The minimum absolute atomic E-state index is 0.0832. The molecule has 1 heteroatoms. The molecule has 1 aromatic heterocycles. The summed E-state index contributed by atoms with van der Waals surface area (Å²) in [4.78, 5) is 0. The van der Waals surface area contributed by atoms with Gasteiger partial charge in [0.2, 0.25) is 0 Å². The first kappa shape index (κ1) is 36.6. The van der Waals surface area contributed by atoms with Crippen LogP contribution in [0.3, 0.4) is 0 Å². The molecule has 1 aliphatic carbocycles. The second-order valence-corrected chi connectivity index (χ2v) is 17.9. The van der Waals surface area contributed by atoms with Crippen molar-refractivity contribution < 1.29 is 4.42 Å². The van der Waals surface area contributed by atoms with Crippen molar-refractivity contribution in [3.05, 3.63) is 230 Å². The van der Waals surface area contributed by atoms with Crippen LogP contribution in [0.4, 0.5) is 0 Å². The van der Waals surface area contributed by atoms with E-state index in [0.717, 1.165) is 33.1 Å². The van der Waals surface area contributed by atoms with E-state index in [2.05, 4.69) is 226 Å². The van der Waals surface area contributed by atoms with E-state index < -0.39 is 0 Å². The molecule has 12 aromatic rings. The monoisotopic (exact) mass is 814 g/mol. The Morgan fingerprint density at radius 1 is 0.281 bits per heavy atom. The Balaban J connectivity index is 0.911. The van der Waals surface area contributed by atoms with Gasteiger partial charge in [0.05, 0.1) is 0 Å². The van der Waals surface area contributed by atoms with Gasteiger partial charge in [-0.15, -0.1) is 0 Å². The van der Waals surface area contributed by atoms with Gasteiger partial charge in [0, 0.05) is 21.8 Å². The summed E-state index contributed by atoms with van der Waals surface area (Å²) in [6, 6.07) is 80.3. The summed E-state index contributed by atoms with van der Waals surface area (Å²) in [7, 11) is 0. The van der Waals surface area contributed by atoms with Crippen LogP contribution in [0.15, 0.2) is 223 Å². The number of hydrogen-bond acceptors (Lipinski definition) is 1. The van der Waals surface area contributed by atoms with E-state index in [1.54, 1.807) is 0 Å². The molecule has 0 saturated carbocycles. The van der Waals surface area contributed by atoms with Crippen LogP contribution in [0.25, 0.3) is 121 Å². The highest BCUT2D eigenvalue weighted by atomic mass is 16.3. The summed E-state index contributed by atoms with van der Waals surface area (Å²) >= 11 is 0. The lowest BCUT2D eigenvalue weighted by molar-refractivity contribution is 0.661. The third-order valence-electron chi connectivity index (χ3n) is 14.1. The van der Waals surface area contributed by atoms with Crippen molar-refractivity contribution in [2.45, 2.75) is 19.3 Å². The van der Waals surface area contributed by atoms with Crippen LogP contribution in [-0.4, -0.2) is 0 Å². The zero-order chi connectivity index (χ0) is 42.5. The first-order valence-corrected chi connectivity index (χ1v) is 22.3. The Hall–Kier alpha value is -8.00. The summed E-state index contributed by atoms with van der Waals surface area (Å²) in [6.45, 7) is 4.74. The average molecular weight is 815 g/mol. The molecule has 0 spiro atoms. The maximum atomic E-state index is 6.50.